The van der Waals surface area contributed by atoms with E-state index in [9.17, 15) is 18.0 Å². The Hall–Kier alpha value is -1.92. The van der Waals surface area contributed by atoms with Gasteiger partial charge in [0.25, 0.3) is 0 Å². The van der Waals surface area contributed by atoms with Gasteiger partial charge >= 0.3 is 6.18 Å². The maximum atomic E-state index is 12.5. The molecule has 0 spiro atoms. The van der Waals surface area contributed by atoms with Gasteiger partial charge in [-0.15, -0.1) is 0 Å². The van der Waals surface area contributed by atoms with Crippen LogP contribution in [0.5, 0.6) is 5.75 Å². The van der Waals surface area contributed by atoms with Crippen molar-refractivity contribution in [2.24, 2.45) is 0 Å². The van der Waals surface area contributed by atoms with Crippen LogP contribution in [0.25, 0.3) is 0 Å². The number of hydrogen-bond acceptors (Lipinski definition) is 3. The highest BCUT2D eigenvalue weighted by molar-refractivity contribution is 5.88. The molecule has 4 nitrogen and oxygen atoms in total. The van der Waals surface area contributed by atoms with Gasteiger partial charge in [-0.2, -0.15) is 13.2 Å². The van der Waals surface area contributed by atoms with Gasteiger partial charge in [0.2, 0.25) is 5.91 Å². The lowest BCUT2D eigenvalue weighted by Gasteiger charge is -2.26. The summed E-state index contributed by atoms with van der Waals surface area (Å²) in [5, 5.41) is 0. The third-order valence-corrected chi connectivity index (χ3v) is 4.23. The third kappa shape index (κ3) is 2.71. The number of nitrogens with zero attached hydrogens (tertiary/aromatic N) is 2. The molecule has 2 heterocycles. The molecule has 2 aliphatic heterocycles. The van der Waals surface area contributed by atoms with Crippen LogP contribution in [0.2, 0.25) is 0 Å². The van der Waals surface area contributed by atoms with Crippen molar-refractivity contribution in [3.05, 3.63) is 23.8 Å². The molecule has 1 aromatic carbocycles. The minimum atomic E-state index is -4.35. The zero-order chi connectivity index (χ0) is 15.9. The summed E-state index contributed by atoms with van der Waals surface area (Å²) in [5.74, 6) is 0.318. The summed E-state index contributed by atoms with van der Waals surface area (Å²) in [7, 11) is 1.59. The molecule has 0 aromatic heterocycles. The van der Waals surface area contributed by atoms with Gasteiger partial charge in [0.1, 0.15) is 18.3 Å². The van der Waals surface area contributed by atoms with E-state index in [1.807, 2.05) is 23.1 Å². The number of ether oxygens (including phenoxy) is 1. The fraction of sp³-hybridized carbons (Fsp3) is 0.533. The molecule has 22 heavy (non-hydrogen) atoms. The van der Waals surface area contributed by atoms with Gasteiger partial charge in [0.05, 0.1) is 7.11 Å². The number of fused-ring (bicyclic) bond motifs is 1. The average molecular weight is 314 g/mol. The van der Waals surface area contributed by atoms with Crippen LogP contribution in [0.4, 0.5) is 18.9 Å². The topological polar surface area (TPSA) is 32.8 Å². The number of alkyl halides is 3. The number of carbonyl (C=O) groups is 1. The summed E-state index contributed by atoms with van der Waals surface area (Å²) >= 11 is 0. The lowest BCUT2D eigenvalue weighted by molar-refractivity contribution is -0.157. The largest absolute Gasteiger partial charge is 0.497 e. The summed E-state index contributed by atoms with van der Waals surface area (Å²) in [6.45, 7) is -0.352. The standard InChI is InChI=1S/C15H17F3N2O2/c1-22-11-2-3-12-10(8-11)4-7-20(12)13-5-6-19(14(13)21)9-15(16,17)18/h2-3,8,13H,4-7,9H2,1H3/t13-/m0/s1. The summed E-state index contributed by atoms with van der Waals surface area (Å²) in [6, 6.07) is 5.12. The highest BCUT2D eigenvalue weighted by atomic mass is 19.4. The summed E-state index contributed by atoms with van der Waals surface area (Å²) in [4.78, 5) is 15.1. The van der Waals surface area contributed by atoms with Gasteiger partial charge in [-0.05, 0) is 36.6 Å². The summed E-state index contributed by atoms with van der Waals surface area (Å²) in [5.41, 5.74) is 1.99. The first-order valence-electron chi connectivity index (χ1n) is 7.18. The Bertz CT molecular complexity index is 589. The highest BCUT2D eigenvalue weighted by Crippen LogP contribution is 2.35. The van der Waals surface area contributed by atoms with Gasteiger partial charge in [-0.1, -0.05) is 0 Å². The molecule has 7 heteroatoms. The number of benzene rings is 1. The number of likely N-dealkylation sites (tertiary alicyclic amines) is 1. The van der Waals surface area contributed by atoms with E-state index in [0.717, 1.165) is 28.3 Å². The van der Waals surface area contributed by atoms with Crippen LogP contribution in [-0.2, 0) is 11.2 Å². The molecule has 1 aromatic rings. The molecule has 0 aliphatic carbocycles. The Morgan fingerprint density at radius 2 is 2.09 bits per heavy atom. The molecule has 3 rings (SSSR count). The Balaban J connectivity index is 1.76. The lowest BCUT2D eigenvalue weighted by atomic mass is 10.1. The molecule has 1 atom stereocenters. The van der Waals surface area contributed by atoms with Crippen LogP contribution in [0.1, 0.15) is 12.0 Å². The molecule has 0 radical (unpaired) electrons. The Morgan fingerprint density at radius 1 is 1.32 bits per heavy atom. The van der Waals surface area contributed by atoms with E-state index in [4.69, 9.17) is 4.74 Å². The molecule has 1 amide bonds. The molecule has 0 bridgehead atoms. The van der Waals surface area contributed by atoms with E-state index < -0.39 is 24.7 Å². The Kier molecular flexibility index (Phi) is 3.66. The molecule has 2 aliphatic rings. The smallest absolute Gasteiger partial charge is 0.406 e. The minimum Gasteiger partial charge on any atom is -0.497 e. The molecular formula is C15H17F3N2O2. The second kappa shape index (κ2) is 5.37. The number of carbonyl (C=O) groups excluding carboxylic acids is 1. The van der Waals surface area contributed by atoms with Gasteiger partial charge < -0.3 is 14.5 Å². The third-order valence-electron chi connectivity index (χ3n) is 4.23. The van der Waals surface area contributed by atoms with Crippen LogP contribution in [0, 0.1) is 0 Å². The average Bonchev–Trinajstić information content (AvgIpc) is 3.01. The minimum absolute atomic E-state index is 0.158. The molecular weight excluding hydrogens is 297 g/mol. The molecule has 0 saturated carbocycles. The predicted octanol–water partition coefficient (Wildman–Crippen LogP) is 2.22. The quantitative estimate of drug-likeness (QED) is 0.858. The van der Waals surface area contributed by atoms with E-state index >= 15 is 0 Å². The SMILES string of the molecule is COc1ccc2c(c1)CCN2[C@H]1CCN(CC(F)(F)F)C1=O. The lowest BCUT2D eigenvalue weighted by Crippen LogP contribution is -2.43. The second-order valence-corrected chi connectivity index (χ2v) is 5.62. The zero-order valence-corrected chi connectivity index (χ0v) is 12.2. The number of hydrogen-bond donors (Lipinski definition) is 0. The summed E-state index contributed by atoms with van der Waals surface area (Å²) in [6.07, 6.45) is -3.14. The predicted molar refractivity (Wildman–Crippen MR) is 75.1 cm³/mol. The van der Waals surface area contributed by atoms with Crippen molar-refractivity contribution in [3.8, 4) is 5.75 Å². The van der Waals surface area contributed by atoms with Crippen molar-refractivity contribution in [1.82, 2.24) is 4.90 Å². The first-order valence-corrected chi connectivity index (χ1v) is 7.18. The van der Waals surface area contributed by atoms with E-state index in [1.165, 1.54) is 0 Å². The fourth-order valence-corrected chi connectivity index (χ4v) is 3.24. The summed E-state index contributed by atoms with van der Waals surface area (Å²) < 4.78 is 42.6. The zero-order valence-electron chi connectivity index (χ0n) is 12.2. The first kappa shape index (κ1) is 15.0. The second-order valence-electron chi connectivity index (χ2n) is 5.62. The number of amides is 1. The van der Waals surface area contributed by atoms with Gasteiger partial charge in [-0.25, -0.2) is 0 Å². The molecule has 1 saturated heterocycles. The van der Waals surface area contributed by atoms with Crippen LogP contribution in [0.15, 0.2) is 18.2 Å². The van der Waals surface area contributed by atoms with Crippen molar-refractivity contribution < 1.29 is 22.7 Å². The monoisotopic (exact) mass is 314 g/mol. The van der Waals surface area contributed by atoms with Crippen LogP contribution < -0.4 is 9.64 Å². The van der Waals surface area contributed by atoms with Crippen LogP contribution in [0.3, 0.4) is 0 Å². The highest BCUT2D eigenvalue weighted by Gasteiger charge is 2.42. The fourth-order valence-electron chi connectivity index (χ4n) is 3.24. The van der Waals surface area contributed by atoms with Gasteiger partial charge in [0, 0.05) is 18.8 Å². The molecule has 0 N–H and O–H groups in total. The van der Waals surface area contributed by atoms with E-state index in [0.29, 0.717) is 13.0 Å². The normalized spacial score (nSPS) is 21.5. The first-order chi connectivity index (χ1) is 10.4. The van der Waals surface area contributed by atoms with Crippen molar-refractivity contribution in [1.29, 1.82) is 0 Å². The van der Waals surface area contributed by atoms with Crippen LogP contribution >= 0.6 is 0 Å². The molecule has 120 valence electrons. The van der Waals surface area contributed by atoms with Crippen LogP contribution in [-0.4, -0.2) is 49.8 Å². The number of halogens is 3. The van der Waals surface area contributed by atoms with Crippen molar-refractivity contribution >= 4 is 11.6 Å². The van der Waals surface area contributed by atoms with E-state index in [1.54, 1.807) is 7.11 Å². The molecule has 1 fully saturated rings. The van der Waals surface area contributed by atoms with Crippen molar-refractivity contribution in [3.63, 3.8) is 0 Å². The maximum absolute atomic E-state index is 12.5. The molecule has 0 unspecified atom stereocenters. The number of methoxy groups -OCH3 is 1. The van der Waals surface area contributed by atoms with E-state index in [2.05, 4.69) is 0 Å². The van der Waals surface area contributed by atoms with Gasteiger partial charge in [-0.3, -0.25) is 4.79 Å². The van der Waals surface area contributed by atoms with Crippen molar-refractivity contribution in [2.45, 2.75) is 25.1 Å². The number of anilines is 1. The van der Waals surface area contributed by atoms with E-state index in [-0.39, 0.29) is 6.54 Å². The Morgan fingerprint density at radius 3 is 2.77 bits per heavy atom. The Labute approximate surface area is 126 Å². The maximum Gasteiger partial charge on any atom is 0.406 e. The van der Waals surface area contributed by atoms with Gasteiger partial charge in [0.15, 0.2) is 0 Å². The number of rotatable bonds is 3. The van der Waals surface area contributed by atoms with Crippen molar-refractivity contribution in [2.75, 3.05) is 31.6 Å².